The topological polar surface area (TPSA) is 76.2 Å². The second-order valence-corrected chi connectivity index (χ2v) is 5.40. The summed E-state index contributed by atoms with van der Waals surface area (Å²) in [6, 6.07) is 1.81. The molecular formula is C14H19N5O2. The molecule has 1 atom stereocenters. The Kier molecular flexibility index (Phi) is 3.64. The van der Waals surface area contributed by atoms with E-state index in [1.165, 1.54) is 0 Å². The lowest BCUT2D eigenvalue weighted by Crippen LogP contribution is -2.39. The molecule has 0 bridgehead atoms. The molecule has 7 nitrogen and oxygen atoms in total. The van der Waals surface area contributed by atoms with Gasteiger partial charge in [0.25, 0.3) is 0 Å². The summed E-state index contributed by atoms with van der Waals surface area (Å²) < 4.78 is 7.03. The summed E-state index contributed by atoms with van der Waals surface area (Å²) in [4.78, 5) is 14.2. The maximum absolute atomic E-state index is 12.3. The third-order valence-corrected chi connectivity index (χ3v) is 3.69. The van der Waals surface area contributed by atoms with Crippen molar-refractivity contribution in [3.05, 3.63) is 35.5 Å². The Morgan fingerprint density at radius 1 is 1.57 bits per heavy atom. The van der Waals surface area contributed by atoms with Crippen molar-refractivity contribution in [1.82, 2.24) is 25.2 Å². The van der Waals surface area contributed by atoms with Crippen LogP contribution in [0.4, 0.5) is 4.79 Å². The molecular weight excluding hydrogens is 270 g/mol. The number of aryl methyl sites for hydroxylation is 2. The summed E-state index contributed by atoms with van der Waals surface area (Å²) in [6.07, 6.45) is 5.53. The molecule has 7 heteroatoms. The zero-order chi connectivity index (χ0) is 14.8. The molecule has 1 fully saturated rings. The molecule has 112 valence electrons. The molecule has 0 radical (unpaired) electrons. The molecule has 1 aliphatic rings. The minimum atomic E-state index is -0.0737. The van der Waals surface area contributed by atoms with Crippen molar-refractivity contribution < 1.29 is 9.32 Å². The van der Waals surface area contributed by atoms with Gasteiger partial charge in [-0.25, -0.2) is 4.79 Å². The van der Waals surface area contributed by atoms with Gasteiger partial charge in [-0.2, -0.15) is 5.10 Å². The van der Waals surface area contributed by atoms with E-state index < -0.39 is 0 Å². The predicted molar refractivity (Wildman–Crippen MR) is 75.4 cm³/mol. The molecule has 21 heavy (non-hydrogen) atoms. The van der Waals surface area contributed by atoms with Crippen LogP contribution in [0, 0.1) is 6.92 Å². The quantitative estimate of drug-likeness (QED) is 0.934. The van der Waals surface area contributed by atoms with E-state index in [9.17, 15) is 4.79 Å². The maximum atomic E-state index is 12.3. The number of nitrogens with zero attached hydrogens (tertiary/aromatic N) is 4. The van der Waals surface area contributed by atoms with Gasteiger partial charge in [0.05, 0.1) is 17.9 Å². The fraction of sp³-hybridized carbons (Fsp3) is 0.500. The summed E-state index contributed by atoms with van der Waals surface area (Å²) >= 11 is 0. The number of hydrogen-bond donors (Lipinski definition) is 1. The largest absolute Gasteiger partial charge is 0.359 e. The second kappa shape index (κ2) is 5.59. The van der Waals surface area contributed by atoms with Gasteiger partial charge < -0.3 is 14.7 Å². The predicted octanol–water partition coefficient (Wildman–Crippen LogP) is 1.76. The molecule has 0 aliphatic carbocycles. The highest BCUT2D eigenvalue weighted by molar-refractivity contribution is 5.75. The van der Waals surface area contributed by atoms with E-state index in [4.69, 9.17) is 4.52 Å². The number of urea groups is 1. The fourth-order valence-electron chi connectivity index (χ4n) is 2.69. The fourth-order valence-corrected chi connectivity index (χ4v) is 2.69. The first kappa shape index (κ1) is 13.7. The Bertz CT molecular complexity index is 633. The number of aromatic nitrogens is 3. The highest BCUT2D eigenvalue weighted by Crippen LogP contribution is 2.32. The Morgan fingerprint density at radius 3 is 3.10 bits per heavy atom. The van der Waals surface area contributed by atoms with E-state index in [2.05, 4.69) is 15.6 Å². The van der Waals surface area contributed by atoms with Crippen molar-refractivity contribution in [2.24, 2.45) is 7.05 Å². The molecule has 1 N–H and O–H groups in total. The third-order valence-electron chi connectivity index (χ3n) is 3.69. The highest BCUT2D eigenvalue weighted by Gasteiger charge is 2.32. The van der Waals surface area contributed by atoms with E-state index >= 15 is 0 Å². The van der Waals surface area contributed by atoms with Crippen molar-refractivity contribution in [2.45, 2.75) is 32.4 Å². The zero-order valence-corrected chi connectivity index (χ0v) is 12.2. The standard InChI is InChI=1S/C14H19N5O2/c1-10-6-13(21-17-10)12-4-3-5-19(12)14(20)15-7-11-8-16-18(2)9-11/h6,8-9,12H,3-5,7H2,1-2H3,(H,15,20)/t12-/m0/s1. The molecule has 2 aromatic rings. The Balaban J connectivity index is 1.63. The molecule has 0 unspecified atom stereocenters. The van der Waals surface area contributed by atoms with Gasteiger partial charge in [-0.1, -0.05) is 5.16 Å². The monoisotopic (exact) mass is 289 g/mol. The number of amides is 2. The SMILES string of the molecule is Cc1cc([C@@H]2CCCN2C(=O)NCc2cnn(C)c2)on1. The Morgan fingerprint density at radius 2 is 2.43 bits per heavy atom. The molecule has 0 saturated carbocycles. The van der Waals surface area contributed by atoms with Crippen LogP contribution in [0.2, 0.25) is 0 Å². The van der Waals surface area contributed by atoms with Crippen LogP contribution < -0.4 is 5.32 Å². The lowest BCUT2D eigenvalue weighted by molar-refractivity contribution is 0.182. The van der Waals surface area contributed by atoms with Crippen LogP contribution >= 0.6 is 0 Å². The minimum Gasteiger partial charge on any atom is -0.359 e. The van der Waals surface area contributed by atoms with E-state index in [0.717, 1.165) is 36.4 Å². The average molecular weight is 289 g/mol. The van der Waals surface area contributed by atoms with Crippen molar-refractivity contribution in [2.75, 3.05) is 6.54 Å². The van der Waals surface area contributed by atoms with Crippen molar-refractivity contribution in [1.29, 1.82) is 0 Å². The molecule has 1 aliphatic heterocycles. The third kappa shape index (κ3) is 2.91. The van der Waals surface area contributed by atoms with Crippen molar-refractivity contribution in [3.63, 3.8) is 0 Å². The van der Waals surface area contributed by atoms with Crippen LogP contribution in [0.5, 0.6) is 0 Å². The minimum absolute atomic E-state index is 0.0138. The second-order valence-electron chi connectivity index (χ2n) is 5.40. The van der Waals surface area contributed by atoms with E-state index in [0.29, 0.717) is 6.54 Å². The normalized spacial score (nSPS) is 18.2. The van der Waals surface area contributed by atoms with E-state index in [-0.39, 0.29) is 12.1 Å². The van der Waals surface area contributed by atoms with Crippen LogP contribution in [-0.4, -0.2) is 32.4 Å². The van der Waals surface area contributed by atoms with Gasteiger partial charge in [0, 0.05) is 38.0 Å². The van der Waals surface area contributed by atoms with Crippen molar-refractivity contribution in [3.8, 4) is 0 Å². The molecule has 1 saturated heterocycles. The smallest absolute Gasteiger partial charge is 0.318 e. The van der Waals surface area contributed by atoms with Gasteiger partial charge in [0.15, 0.2) is 5.76 Å². The summed E-state index contributed by atoms with van der Waals surface area (Å²) in [7, 11) is 1.86. The van der Waals surface area contributed by atoms with Crippen molar-refractivity contribution >= 4 is 6.03 Å². The number of rotatable bonds is 3. The van der Waals surface area contributed by atoms with Crippen LogP contribution in [0.1, 0.15) is 35.9 Å². The Labute approximate surface area is 122 Å². The number of carbonyl (C=O) groups is 1. The van der Waals surface area contributed by atoms with Gasteiger partial charge in [-0.15, -0.1) is 0 Å². The lowest BCUT2D eigenvalue weighted by Gasteiger charge is -2.22. The van der Waals surface area contributed by atoms with Gasteiger partial charge in [-0.05, 0) is 19.8 Å². The summed E-state index contributed by atoms with van der Waals surface area (Å²) in [5.74, 6) is 0.765. The average Bonchev–Trinajstić information content (AvgIpc) is 3.16. The number of hydrogen-bond acceptors (Lipinski definition) is 4. The molecule has 0 spiro atoms. The number of likely N-dealkylation sites (tertiary alicyclic amines) is 1. The molecule has 2 aromatic heterocycles. The lowest BCUT2D eigenvalue weighted by atomic mass is 10.1. The van der Waals surface area contributed by atoms with Crippen LogP contribution in [-0.2, 0) is 13.6 Å². The first-order valence-electron chi connectivity index (χ1n) is 7.08. The maximum Gasteiger partial charge on any atom is 0.318 e. The molecule has 0 aromatic carbocycles. The first-order valence-corrected chi connectivity index (χ1v) is 7.08. The van der Waals surface area contributed by atoms with Gasteiger partial charge in [0.1, 0.15) is 0 Å². The molecule has 3 rings (SSSR count). The molecule has 2 amide bonds. The van der Waals surface area contributed by atoms with Gasteiger partial charge in [-0.3, -0.25) is 4.68 Å². The zero-order valence-electron chi connectivity index (χ0n) is 12.2. The molecule has 3 heterocycles. The van der Waals surface area contributed by atoms with Crippen LogP contribution in [0.15, 0.2) is 23.0 Å². The number of nitrogens with one attached hydrogen (secondary N) is 1. The highest BCUT2D eigenvalue weighted by atomic mass is 16.5. The van der Waals surface area contributed by atoms with Gasteiger partial charge >= 0.3 is 6.03 Å². The Hall–Kier alpha value is -2.31. The first-order chi connectivity index (χ1) is 10.1. The van der Waals surface area contributed by atoms with Gasteiger partial charge in [0.2, 0.25) is 0 Å². The summed E-state index contributed by atoms with van der Waals surface area (Å²) in [5.41, 5.74) is 1.82. The van der Waals surface area contributed by atoms with E-state index in [1.807, 2.05) is 31.1 Å². The van der Waals surface area contributed by atoms with Crippen LogP contribution in [0.25, 0.3) is 0 Å². The summed E-state index contributed by atoms with van der Waals surface area (Å²) in [5, 5.41) is 10.9. The number of carbonyl (C=O) groups excluding carboxylic acids is 1. The summed E-state index contributed by atoms with van der Waals surface area (Å²) in [6.45, 7) is 3.10. The van der Waals surface area contributed by atoms with E-state index in [1.54, 1.807) is 10.9 Å². The van der Waals surface area contributed by atoms with Crippen LogP contribution in [0.3, 0.4) is 0 Å².